The average molecular weight is 218 g/mol. The van der Waals surface area contributed by atoms with Crippen LogP contribution in [0.5, 0.6) is 5.75 Å². The number of hydrogen-bond donors (Lipinski definition) is 0. The van der Waals surface area contributed by atoms with Gasteiger partial charge in [0.1, 0.15) is 5.75 Å². The number of methoxy groups -OCH3 is 1. The second-order valence-corrected chi connectivity index (χ2v) is 3.99. The minimum Gasteiger partial charge on any atom is -0.497 e. The van der Waals surface area contributed by atoms with E-state index in [4.69, 9.17) is 4.74 Å². The molecule has 1 rings (SSSR count). The smallest absolute Gasteiger partial charge is 0.118 e. The lowest BCUT2D eigenvalue weighted by Crippen LogP contribution is -1.95. The van der Waals surface area contributed by atoms with Gasteiger partial charge < -0.3 is 4.74 Å². The fraction of sp³-hybridized carbons (Fsp3) is 0.467. The van der Waals surface area contributed by atoms with Gasteiger partial charge in [0.2, 0.25) is 0 Å². The van der Waals surface area contributed by atoms with Gasteiger partial charge in [-0.15, -0.1) is 0 Å². The fourth-order valence-electron chi connectivity index (χ4n) is 1.84. The van der Waals surface area contributed by atoms with Gasteiger partial charge in [0.25, 0.3) is 0 Å². The Hall–Kier alpha value is -1.24. The molecular formula is C15H22O. The van der Waals surface area contributed by atoms with Crippen molar-refractivity contribution >= 4 is 0 Å². The molecule has 0 saturated carbocycles. The number of ether oxygens (including phenoxy) is 1. The van der Waals surface area contributed by atoms with Gasteiger partial charge in [-0.2, -0.15) is 0 Å². The fourth-order valence-corrected chi connectivity index (χ4v) is 1.84. The maximum absolute atomic E-state index is 5.17. The van der Waals surface area contributed by atoms with E-state index in [-0.39, 0.29) is 0 Å². The molecule has 0 bridgehead atoms. The summed E-state index contributed by atoms with van der Waals surface area (Å²) in [6.07, 6.45) is 7.97. The predicted molar refractivity (Wildman–Crippen MR) is 70.1 cm³/mol. The summed E-state index contributed by atoms with van der Waals surface area (Å²) in [5.41, 5.74) is 1.41. The van der Waals surface area contributed by atoms with Crippen LogP contribution in [0.2, 0.25) is 0 Å². The second kappa shape index (κ2) is 7.10. The quantitative estimate of drug-likeness (QED) is 0.637. The summed E-state index contributed by atoms with van der Waals surface area (Å²) in [6.45, 7) is 4.42. The van der Waals surface area contributed by atoms with E-state index < -0.39 is 0 Å². The van der Waals surface area contributed by atoms with Crippen LogP contribution in [0.4, 0.5) is 0 Å². The second-order valence-electron chi connectivity index (χ2n) is 3.99. The first-order chi connectivity index (χ1) is 7.81. The van der Waals surface area contributed by atoms with Gasteiger partial charge in [-0.05, 0) is 42.9 Å². The van der Waals surface area contributed by atoms with E-state index in [2.05, 4.69) is 38.1 Å². The van der Waals surface area contributed by atoms with Crippen LogP contribution in [-0.2, 0) is 0 Å². The molecule has 0 aliphatic heterocycles. The Labute approximate surface area is 99.1 Å². The summed E-state index contributed by atoms with van der Waals surface area (Å²) in [6, 6.07) is 8.43. The zero-order chi connectivity index (χ0) is 11.8. The Morgan fingerprint density at radius 3 is 2.31 bits per heavy atom. The molecule has 1 unspecified atom stereocenters. The maximum atomic E-state index is 5.17. The SMILES string of the molecule is CC/C=C\CC(CC)c1ccc(OC)cc1. The normalized spacial score (nSPS) is 12.9. The third kappa shape index (κ3) is 3.73. The van der Waals surface area contributed by atoms with Crippen molar-refractivity contribution in [3.05, 3.63) is 42.0 Å². The van der Waals surface area contributed by atoms with Crippen molar-refractivity contribution in [2.75, 3.05) is 7.11 Å². The summed E-state index contributed by atoms with van der Waals surface area (Å²) in [5.74, 6) is 1.57. The Kier molecular flexibility index (Phi) is 5.69. The Morgan fingerprint density at radius 2 is 1.81 bits per heavy atom. The van der Waals surface area contributed by atoms with Crippen molar-refractivity contribution in [3.8, 4) is 5.75 Å². The van der Waals surface area contributed by atoms with E-state index in [0.717, 1.165) is 18.6 Å². The van der Waals surface area contributed by atoms with E-state index >= 15 is 0 Å². The van der Waals surface area contributed by atoms with Crippen molar-refractivity contribution in [2.24, 2.45) is 0 Å². The summed E-state index contributed by atoms with van der Waals surface area (Å²) < 4.78 is 5.17. The first-order valence-corrected chi connectivity index (χ1v) is 6.10. The van der Waals surface area contributed by atoms with E-state index in [9.17, 15) is 0 Å². The van der Waals surface area contributed by atoms with Gasteiger partial charge in [-0.25, -0.2) is 0 Å². The first-order valence-electron chi connectivity index (χ1n) is 6.10. The van der Waals surface area contributed by atoms with Gasteiger partial charge in [0.15, 0.2) is 0 Å². The van der Waals surface area contributed by atoms with Crippen molar-refractivity contribution < 1.29 is 4.74 Å². The molecule has 0 radical (unpaired) electrons. The topological polar surface area (TPSA) is 9.23 Å². The highest BCUT2D eigenvalue weighted by Gasteiger charge is 2.07. The van der Waals surface area contributed by atoms with Crippen molar-refractivity contribution in [3.63, 3.8) is 0 Å². The Bertz CT molecular complexity index is 311. The van der Waals surface area contributed by atoms with Crippen LogP contribution in [0.3, 0.4) is 0 Å². The van der Waals surface area contributed by atoms with Crippen LogP contribution in [0.25, 0.3) is 0 Å². The van der Waals surface area contributed by atoms with E-state index in [0.29, 0.717) is 5.92 Å². The molecule has 0 spiro atoms. The van der Waals surface area contributed by atoms with Gasteiger partial charge >= 0.3 is 0 Å². The lowest BCUT2D eigenvalue weighted by molar-refractivity contribution is 0.414. The van der Waals surface area contributed by atoms with Crippen molar-refractivity contribution in [2.45, 2.75) is 39.0 Å². The highest BCUT2D eigenvalue weighted by atomic mass is 16.5. The highest BCUT2D eigenvalue weighted by molar-refractivity contribution is 5.29. The van der Waals surface area contributed by atoms with E-state index in [1.807, 2.05) is 12.1 Å². The monoisotopic (exact) mass is 218 g/mol. The molecule has 1 atom stereocenters. The molecule has 0 aromatic heterocycles. The molecule has 0 amide bonds. The first kappa shape index (κ1) is 12.8. The largest absolute Gasteiger partial charge is 0.497 e. The van der Waals surface area contributed by atoms with Crippen LogP contribution < -0.4 is 4.74 Å². The van der Waals surface area contributed by atoms with Crippen molar-refractivity contribution in [1.82, 2.24) is 0 Å². The molecule has 0 saturated heterocycles. The van der Waals surface area contributed by atoms with E-state index in [1.165, 1.54) is 12.0 Å². The van der Waals surface area contributed by atoms with Gasteiger partial charge in [-0.1, -0.05) is 38.1 Å². The molecule has 1 nitrogen and oxygen atoms in total. The summed E-state index contributed by atoms with van der Waals surface area (Å²) >= 11 is 0. The molecule has 1 aromatic carbocycles. The Balaban J connectivity index is 2.67. The van der Waals surface area contributed by atoms with E-state index in [1.54, 1.807) is 7.11 Å². The zero-order valence-corrected chi connectivity index (χ0v) is 10.6. The molecule has 0 aliphatic rings. The number of allylic oxidation sites excluding steroid dienone is 2. The maximum Gasteiger partial charge on any atom is 0.118 e. The minimum absolute atomic E-state index is 0.633. The molecule has 0 fully saturated rings. The van der Waals surface area contributed by atoms with Gasteiger partial charge in [-0.3, -0.25) is 0 Å². The standard InChI is InChI=1S/C15H22O/c1-4-6-7-8-13(5-2)14-9-11-15(16-3)12-10-14/h6-7,9-13H,4-5,8H2,1-3H3/b7-6-. The minimum atomic E-state index is 0.633. The molecule has 1 heteroatoms. The predicted octanol–water partition coefficient (Wildman–Crippen LogP) is 4.55. The zero-order valence-electron chi connectivity index (χ0n) is 10.6. The van der Waals surface area contributed by atoms with Crippen molar-refractivity contribution in [1.29, 1.82) is 0 Å². The number of benzene rings is 1. The van der Waals surface area contributed by atoms with Crippen LogP contribution in [-0.4, -0.2) is 7.11 Å². The summed E-state index contributed by atoms with van der Waals surface area (Å²) in [4.78, 5) is 0. The highest BCUT2D eigenvalue weighted by Crippen LogP contribution is 2.25. The molecule has 0 aliphatic carbocycles. The molecule has 16 heavy (non-hydrogen) atoms. The van der Waals surface area contributed by atoms with Crippen LogP contribution in [0.15, 0.2) is 36.4 Å². The van der Waals surface area contributed by atoms with Gasteiger partial charge in [0.05, 0.1) is 7.11 Å². The molecular weight excluding hydrogens is 196 g/mol. The third-order valence-corrected chi connectivity index (χ3v) is 2.90. The van der Waals surface area contributed by atoms with Crippen LogP contribution in [0.1, 0.15) is 44.6 Å². The third-order valence-electron chi connectivity index (χ3n) is 2.90. The summed E-state index contributed by atoms with van der Waals surface area (Å²) in [7, 11) is 1.70. The Morgan fingerprint density at radius 1 is 1.12 bits per heavy atom. The average Bonchev–Trinajstić information content (AvgIpc) is 2.35. The molecule has 0 N–H and O–H groups in total. The number of rotatable bonds is 6. The van der Waals surface area contributed by atoms with Gasteiger partial charge in [0, 0.05) is 0 Å². The van der Waals surface area contributed by atoms with Crippen LogP contribution in [0, 0.1) is 0 Å². The number of hydrogen-bond acceptors (Lipinski definition) is 1. The van der Waals surface area contributed by atoms with Crippen LogP contribution >= 0.6 is 0 Å². The summed E-state index contributed by atoms with van der Waals surface area (Å²) in [5, 5.41) is 0. The lowest BCUT2D eigenvalue weighted by Gasteiger charge is -2.13. The molecule has 88 valence electrons. The lowest BCUT2D eigenvalue weighted by atomic mass is 9.93. The molecule has 1 aromatic rings. The molecule has 0 heterocycles.